The number of hydrogen-bond acceptors (Lipinski definition) is 1. The lowest BCUT2D eigenvalue weighted by atomic mass is 9.84. The van der Waals surface area contributed by atoms with Gasteiger partial charge in [0.15, 0.2) is 0 Å². The molecule has 1 aliphatic rings. The van der Waals surface area contributed by atoms with Crippen LogP contribution in [0.1, 0.15) is 24.0 Å². The average molecular weight is 238 g/mol. The zero-order valence-corrected chi connectivity index (χ0v) is 10.9. The molecule has 1 nitrogen and oxygen atoms in total. The van der Waals surface area contributed by atoms with Crippen LogP contribution >= 0.6 is 11.6 Å². The van der Waals surface area contributed by atoms with Gasteiger partial charge in [-0.1, -0.05) is 29.8 Å². The molecule has 2 heteroatoms. The van der Waals surface area contributed by atoms with Gasteiger partial charge < -0.3 is 4.90 Å². The molecule has 0 radical (unpaired) electrons. The summed E-state index contributed by atoms with van der Waals surface area (Å²) in [5.74, 6) is 0.817. The van der Waals surface area contributed by atoms with Crippen LogP contribution in [0.15, 0.2) is 24.3 Å². The molecule has 16 heavy (non-hydrogen) atoms. The highest BCUT2D eigenvalue weighted by atomic mass is 35.5. The fraction of sp³-hybridized carbons (Fsp3) is 0.571. The SMILES string of the molecule is Cc1cccc(CN(C)CC2CC(Cl)C2)c1. The highest BCUT2D eigenvalue weighted by molar-refractivity contribution is 6.21. The highest BCUT2D eigenvalue weighted by Gasteiger charge is 2.27. The molecule has 1 aliphatic carbocycles. The Hall–Kier alpha value is -0.530. The van der Waals surface area contributed by atoms with E-state index >= 15 is 0 Å². The highest BCUT2D eigenvalue weighted by Crippen LogP contribution is 2.32. The van der Waals surface area contributed by atoms with Crippen molar-refractivity contribution >= 4 is 11.6 Å². The molecule has 1 saturated carbocycles. The minimum atomic E-state index is 0.442. The van der Waals surface area contributed by atoms with Crippen molar-refractivity contribution < 1.29 is 0 Å². The molecule has 1 aromatic rings. The molecule has 0 amide bonds. The second kappa shape index (κ2) is 5.20. The van der Waals surface area contributed by atoms with Crippen LogP contribution < -0.4 is 0 Å². The van der Waals surface area contributed by atoms with E-state index in [9.17, 15) is 0 Å². The van der Waals surface area contributed by atoms with Crippen LogP contribution in [-0.4, -0.2) is 23.9 Å². The molecule has 0 aliphatic heterocycles. The van der Waals surface area contributed by atoms with Crippen LogP contribution in [0.5, 0.6) is 0 Å². The van der Waals surface area contributed by atoms with Crippen molar-refractivity contribution in [3.63, 3.8) is 0 Å². The lowest BCUT2D eigenvalue weighted by Crippen LogP contribution is -2.34. The lowest BCUT2D eigenvalue weighted by Gasteiger charge is -2.34. The Balaban J connectivity index is 1.80. The lowest BCUT2D eigenvalue weighted by molar-refractivity contribution is 0.204. The van der Waals surface area contributed by atoms with Gasteiger partial charge in [-0.05, 0) is 38.3 Å². The smallest absolute Gasteiger partial charge is 0.0342 e. The predicted octanol–water partition coefficient (Wildman–Crippen LogP) is 3.44. The summed E-state index contributed by atoms with van der Waals surface area (Å²) in [5, 5.41) is 0.442. The van der Waals surface area contributed by atoms with E-state index in [4.69, 9.17) is 11.6 Å². The Labute approximate surface area is 103 Å². The molecule has 1 fully saturated rings. The summed E-state index contributed by atoms with van der Waals surface area (Å²) >= 11 is 5.99. The normalized spacial score (nSPS) is 24.5. The zero-order valence-electron chi connectivity index (χ0n) is 10.1. The topological polar surface area (TPSA) is 3.24 Å². The minimum Gasteiger partial charge on any atom is -0.302 e. The standard InChI is InChI=1S/C14H20ClN/c1-11-4-3-5-12(6-11)9-16(2)10-13-7-14(15)8-13/h3-6,13-14H,7-10H2,1-2H3. The van der Waals surface area contributed by atoms with Crippen molar-refractivity contribution in [1.82, 2.24) is 4.90 Å². The summed E-state index contributed by atoms with van der Waals surface area (Å²) < 4.78 is 0. The largest absolute Gasteiger partial charge is 0.302 e. The monoisotopic (exact) mass is 237 g/mol. The quantitative estimate of drug-likeness (QED) is 0.726. The number of alkyl halides is 1. The molecule has 88 valence electrons. The van der Waals surface area contributed by atoms with Gasteiger partial charge in [0.2, 0.25) is 0 Å². The van der Waals surface area contributed by atoms with Crippen molar-refractivity contribution in [3.05, 3.63) is 35.4 Å². The van der Waals surface area contributed by atoms with Crippen LogP contribution in [-0.2, 0) is 6.54 Å². The third-order valence-corrected chi connectivity index (χ3v) is 3.64. The Morgan fingerprint density at radius 3 is 2.75 bits per heavy atom. The summed E-state index contributed by atoms with van der Waals surface area (Å²) in [6, 6.07) is 8.75. The fourth-order valence-corrected chi connectivity index (χ4v) is 2.93. The second-order valence-corrected chi connectivity index (χ2v) is 5.74. The number of halogens is 1. The summed E-state index contributed by atoms with van der Waals surface area (Å²) in [6.07, 6.45) is 2.39. The molecule has 0 saturated heterocycles. The van der Waals surface area contributed by atoms with E-state index in [0.29, 0.717) is 5.38 Å². The van der Waals surface area contributed by atoms with Gasteiger partial charge in [-0.15, -0.1) is 11.6 Å². The third-order valence-electron chi connectivity index (χ3n) is 3.28. The first-order valence-electron chi connectivity index (χ1n) is 6.01. The molecule has 0 spiro atoms. The van der Waals surface area contributed by atoms with E-state index in [1.165, 1.54) is 30.5 Å². The van der Waals surface area contributed by atoms with Crippen LogP contribution in [0.4, 0.5) is 0 Å². The van der Waals surface area contributed by atoms with Crippen molar-refractivity contribution in [2.24, 2.45) is 5.92 Å². The molecular formula is C14H20ClN. The average Bonchev–Trinajstić information content (AvgIpc) is 2.15. The Kier molecular flexibility index (Phi) is 3.88. The van der Waals surface area contributed by atoms with E-state index < -0.39 is 0 Å². The Morgan fingerprint density at radius 1 is 1.38 bits per heavy atom. The van der Waals surface area contributed by atoms with Gasteiger partial charge >= 0.3 is 0 Å². The third kappa shape index (κ3) is 3.23. The molecule has 0 unspecified atom stereocenters. The van der Waals surface area contributed by atoms with Crippen molar-refractivity contribution in [2.75, 3.05) is 13.6 Å². The van der Waals surface area contributed by atoms with Gasteiger partial charge in [-0.2, -0.15) is 0 Å². The van der Waals surface area contributed by atoms with Crippen molar-refractivity contribution in [3.8, 4) is 0 Å². The van der Waals surface area contributed by atoms with Gasteiger partial charge in [-0.25, -0.2) is 0 Å². The van der Waals surface area contributed by atoms with Crippen LogP contribution in [0, 0.1) is 12.8 Å². The van der Waals surface area contributed by atoms with E-state index in [-0.39, 0.29) is 0 Å². The predicted molar refractivity (Wildman–Crippen MR) is 69.9 cm³/mol. The van der Waals surface area contributed by atoms with E-state index in [1.54, 1.807) is 0 Å². The molecule has 0 N–H and O–H groups in total. The van der Waals surface area contributed by atoms with E-state index in [0.717, 1.165) is 12.5 Å². The first kappa shape index (κ1) is 11.9. The molecule has 0 heterocycles. The van der Waals surface area contributed by atoms with Crippen molar-refractivity contribution in [1.29, 1.82) is 0 Å². The van der Waals surface area contributed by atoms with Crippen LogP contribution in [0.25, 0.3) is 0 Å². The second-order valence-electron chi connectivity index (χ2n) is 5.12. The van der Waals surface area contributed by atoms with Gasteiger partial charge in [0.1, 0.15) is 0 Å². The van der Waals surface area contributed by atoms with Crippen LogP contribution in [0.3, 0.4) is 0 Å². The number of aryl methyl sites for hydroxylation is 1. The maximum Gasteiger partial charge on any atom is 0.0342 e. The minimum absolute atomic E-state index is 0.442. The number of nitrogens with zero attached hydrogens (tertiary/aromatic N) is 1. The number of rotatable bonds is 4. The number of benzene rings is 1. The van der Waals surface area contributed by atoms with Gasteiger partial charge in [-0.3, -0.25) is 0 Å². The maximum atomic E-state index is 5.99. The van der Waals surface area contributed by atoms with Gasteiger partial charge in [0.25, 0.3) is 0 Å². The first-order chi connectivity index (χ1) is 7.63. The summed E-state index contributed by atoms with van der Waals surface area (Å²) in [6.45, 7) is 4.37. The molecule has 0 atom stereocenters. The Morgan fingerprint density at radius 2 is 2.12 bits per heavy atom. The first-order valence-corrected chi connectivity index (χ1v) is 6.45. The maximum absolute atomic E-state index is 5.99. The molecular weight excluding hydrogens is 218 g/mol. The van der Waals surface area contributed by atoms with Gasteiger partial charge in [0.05, 0.1) is 0 Å². The van der Waals surface area contributed by atoms with Crippen molar-refractivity contribution in [2.45, 2.75) is 31.7 Å². The zero-order chi connectivity index (χ0) is 11.5. The Bertz CT molecular complexity index is 344. The molecule has 1 aromatic carbocycles. The summed E-state index contributed by atoms with van der Waals surface area (Å²) in [5.41, 5.74) is 2.75. The number of hydrogen-bond donors (Lipinski definition) is 0. The van der Waals surface area contributed by atoms with E-state index in [1.807, 2.05) is 0 Å². The van der Waals surface area contributed by atoms with E-state index in [2.05, 4.69) is 43.1 Å². The summed E-state index contributed by atoms with van der Waals surface area (Å²) in [7, 11) is 2.20. The molecule has 0 bridgehead atoms. The molecule has 0 aromatic heterocycles. The molecule has 2 rings (SSSR count). The fourth-order valence-electron chi connectivity index (χ4n) is 2.43. The van der Waals surface area contributed by atoms with Gasteiger partial charge in [0, 0.05) is 18.5 Å². The van der Waals surface area contributed by atoms with Crippen LogP contribution in [0.2, 0.25) is 0 Å². The summed E-state index contributed by atoms with van der Waals surface area (Å²) in [4.78, 5) is 2.40.